The van der Waals surface area contributed by atoms with Gasteiger partial charge in [0.15, 0.2) is 0 Å². The summed E-state index contributed by atoms with van der Waals surface area (Å²) in [6, 6.07) is 9.12. The van der Waals surface area contributed by atoms with Gasteiger partial charge in [0.05, 0.1) is 0 Å². The fourth-order valence-corrected chi connectivity index (χ4v) is 4.31. The molecule has 1 heterocycles. The first kappa shape index (κ1) is 15.9. The topological polar surface area (TPSA) is 3.24 Å². The summed E-state index contributed by atoms with van der Waals surface area (Å²) in [5.74, 6) is 0. The van der Waals surface area contributed by atoms with Gasteiger partial charge in [-0.2, -0.15) is 0 Å². The van der Waals surface area contributed by atoms with Crippen molar-refractivity contribution in [1.82, 2.24) is 4.90 Å². The highest BCUT2D eigenvalue weighted by Crippen LogP contribution is 2.44. The Balaban J connectivity index is 0.00000147. The Morgan fingerprint density at radius 2 is 1.45 bits per heavy atom. The van der Waals surface area contributed by atoms with Crippen molar-refractivity contribution in [2.45, 2.75) is 63.8 Å². The molecule has 1 nitrogen and oxygen atoms in total. The van der Waals surface area contributed by atoms with Gasteiger partial charge in [-0.15, -0.1) is 12.4 Å². The monoisotopic (exact) mass is 293 g/mol. The summed E-state index contributed by atoms with van der Waals surface area (Å²) in [6.45, 7) is 4.93. The van der Waals surface area contributed by atoms with Crippen LogP contribution in [0, 0.1) is 6.92 Å². The molecule has 2 aliphatic rings. The molecule has 3 rings (SSSR count). The standard InChI is InChI=1S/C18H27N.ClH/c1-16-10-4-5-11-17(16)18(12-6-2-7-13-18)19-14-8-3-9-15-19;/h4-5,10-11H,2-3,6-9,12-15H2,1H3;1H. The number of benzene rings is 1. The first-order chi connectivity index (χ1) is 9.33. The van der Waals surface area contributed by atoms with Crippen LogP contribution in [-0.2, 0) is 5.54 Å². The second-order valence-electron chi connectivity index (χ2n) is 6.45. The molecule has 0 bridgehead atoms. The zero-order valence-electron chi connectivity index (χ0n) is 12.7. The summed E-state index contributed by atoms with van der Waals surface area (Å²) in [5.41, 5.74) is 3.48. The van der Waals surface area contributed by atoms with Crippen LogP contribution in [0.25, 0.3) is 0 Å². The summed E-state index contributed by atoms with van der Waals surface area (Å²) in [4.78, 5) is 2.83. The number of piperidine rings is 1. The maximum Gasteiger partial charge on any atom is 0.0463 e. The van der Waals surface area contributed by atoms with E-state index in [-0.39, 0.29) is 12.4 Å². The average Bonchev–Trinajstić information content (AvgIpc) is 2.49. The van der Waals surface area contributed by atoms with Gasteiger partial charge in [-0.05, 0) is 56.8 Å². The fourth-order valence-electron chi connectivity index (χ4n) is 4.31. The average molecular weight is 294 g/mol. The first-order valence-electron chi connectivity index (χ1n) is 8.14. The van der Waals surface area contributed by atoms with Gasteiger partial charge in [-0.25, -0.2) is 0 Å². The molecule has 0 spiro atoms. The second-order valence-corrected chi connectivity index (χ2v) is 6.45. The summed E-state index contributed by atoms with van der Waals surface area (Å²) in [7, 11) is 0. The Bertz CT molecular complexity index is 417. The zero-order valence-corrected chi connectivity index (χ0v) is 13.6. The molecule has 2 heteroatoms. The third-order valence-corrected chi connectivity index (χ3v) is 5.29. The van der Waals surface area contributed by atoms with Crippen LogP contribution in [0.1, 0.15) is 62.5 Å². The Labute approximate surface area is 130 Å². The first-order valence-corrected chi connectivity index (χ1v) is 8.14. The van der Waals surface area contributed by atoms with E-state index in [9.17, 15) is 0 Å². The van der Waals surface area contributed by atoms with Gasteiger partial charge >= 0.3 is 0 Å². The quantitative estimate of drug-likeness (QED) is 0.736. The number of hydrogen-bond donors (Lipinski definition) is 0. The van der Waals surface area contributed by atoms with Crippen molar-refractivity contribution in [2.24, 2.45) is 0 Å². The van der Waals surface area contributed by atoms with Crippen LogP contribution >= 0.6 is 12.4 Å². The minimum absolute atomic E-state index is 0. The van der Waals surface area contributed by atoms with Crippen molar-refractivity contribution in [2.75, 3.05) is 13.1 Å². The molecule has 0 amide bonds. The molecule has 1 saturated heterocycles. The lowest BCUT2D eigenvalue weighted by Gasteiger charge is -2.49. The summed E-state index contributed by atoms with van der Waals surface area (Å²) < 4.78 is 0. The SMILES string of the molecule is Cc1ccccc1C1(N2CCCCC2)CCCCC1.Cl. The van der Waals surface area contributed by atoms with E-state index < -0.39 is 0 Å². The third-order valence-electron chi connectivity index (χ3n) is 5.29. The summed E-state index contributed by atoms with van der Waals surface area (Å²) in [6.07, 6.45) is 11.2. The normalized spacial score (nSPS) is 23.1. The summed E-state index contributed by atoms with van der Waals surface area (Å²) >= 11 is 0. The predicted octanol–water partition coefficient (Wildman–Crippen LogP) is 5.06. The number of rotatable bonds is 2. The van der Waals surface area contributed by atoms with Crippen molar-refractivity contribution in [3.8, 4) is 0 Å². The van der Waals surface area contributed by atoms with Crippen molar-refractivity contribution in [3.05, 3.63) is 35.4 Å². The lowest BCUT2D eigenvalue weighted by atomic mass is 9.73. The van der Waals surface area contributed by atoms with Crippen molar-refractivity contribution in [1.29, 1.82) is 0 Å². The third kappa shape index (κ3) is 2.89. The molecule has 0 unspecified atom stereocenters. The van der Waals surface area contributed by atoms with E-state index in [1.807, 2.05) is 0 Å². The van der Waals surface area contributed by atoms with Crippen LogP contribution in [0.2, 0.25) is 0 Å². The van der Waals surface area contributed by atoms with E-state index in [2.05, 4.69) is 36.1 Å². The Kier molecular flexibility index (Phi) is 5.51. The van der Waals surface area contributed by atoms with Crippen LogP contribution in [0.15, 0.2) is 24.3 Å². The second kappa shape index (κ2) is 6.95. The number of hydrogen-bond acceptors (Lipinski definition) is 1. The lowest BCUT2D eigenvalue weighted by molar-refractivity contribution is 0.0298. The Hall–Kier alpha value is -0.530. The maximum absolute atomic E-state index is 2.83. The van der Waals surface area contributed by atoms with E-state index in [1.54, 1.807) is 5.56 Å². The molecule has 1 aliphatic heterocycles. The fraction of sp³-hybridized carbons (Fsp3) is 0.667. The van der Waals surface area contributed by atoms with Gasteiger partial charge in [-0.1, -0.05) is 49.9 Å². The van der Waals surface area contributed by atoms with E-state index in [4.69, 9.17) is 0 Å². The molecular formula is C18H28ClN. The van der Waals surface area contributed by atoms with Crippen LogP contribution < -0.4 is 0 Å². The Morgan fingerprint density at radius 3 is 2.10 bits per heavy atom. The molecule has 0 atom stereocenters. The van der Waals surface area contributed by atoms with E-state index in [0.717, 1.165) is 0 Å². The van der Waals surface area contributed by atoms with Crippen LogP contribution in [0.3, 0.4) is 0 Å². The molecule has 1 aromatic carbocycles. The van der Waals surface area contributed by atoms with E-state index in [0.29, 0.717) is 5.54 Å². The lowest BCUT2D eigenvalue weighted by Crippen LogP contribution is -2.50. The van der Waals surface area contributed by atoms with Gasteiger partial charge in [0.2, 0.25) is 0 Å². The maximum atomic E-state index is 2.83. The summed E-state index contributed by atoms with van der Waals surface area (Å²) in [5, 5.41) is 0. The number of halogens is 1. The smallest absolute Gasteiger partial charge is 0.0463 e. The van der Waals surface area contributed by atoms with E-state index in [1.165, 1.54) is 70.0 Å². The molecular weight excluding hydrogens is 266 g/mol. The van der Waals surface area contributed by atoms with Crippen molar-refractivity contribution >= 4 is 12.4 Å². The van der Waals surface area contributed by atoms with Crippen LogP contribution in [0.5, 0.6) is 0 Å². The molecule has 0 N–H and O–H groups in total. The minimum atomic E-state index is 0. The van der Waals surface area contributed by atoms with Gasteiger partial charge < -0.3 is 0 Å². The van der Waals surface area contributed by atoms with Crippen molar-refractivity contribution < 1.29 is 0 Å². The molecule has 0 radical (unpaired) electrons. The minimum Gasteiger partial charge on any atom is -0.294 e. The van der Waals surface area contributed by atoms with E-state index >= 15 is 0 Å². The molecule has 1 aliphatic carbocycles. The number of aryl methyl sites for hydroxylation is 1. The molecule has 0 aromatic heterocycles. The van der Waals surface area contributed by atoms with Crippen LogP contribution in [-0.4, -0.2) is 18.0 Å². The molecule has 20 heavy (non-hydrogen) atoms. The van der Waals surface area contributed by atoms with Crippen LogP contribution in [0.4, 0.5) is 0 Å². The van der Waals surface area contributed by atoms with Gasteiger partial charge in [-0.3, -0.25) is 4.90 Å². The highest BCUT2D eigenvalue weighted by atomic mass is 35.5. The highest BCUT2D eigenvalue weighted by Gasteiger charge is 2.40. The zero-order chi connectivity index (χ0) is 13.1. The highest BCUT2D eigenvalue weighted by molar-refractivity contribution is 5.85. The van der Waals surface area contributed by atoms with Gasteiger partial charge in [0, 0.05) is 5.54 Å². The molecule has 2 fully saturated rings. The van der Waals surface area contributed by atoms with Crippen molar-refractivity contribution in [3.63, 3.8) is 0 Å². The number of nitrogens with zero attached hydrogens (tertiary/aromatic N) is 1. The van der Waals surface area contributed by atoms with Gasteiger partial charge in [0.25, 0.3) is 0 Å². The molecule has 112 valence electrons. The number of likely N-dealkylation sites (tertiary alicyclic amines) is 1. The Morgan fingerprint density at radius 1 is 0.850 bits per heavy atom. The van der Waals surface area contributed by atoms with Gasteiger partial charge in [0.1, 0.15) is 0 Å². The molecule has 1 aromatic rings. The largest absolute Gasteiger partial charge is 0.294 e. The predicted molar refractivity (Wildman–Crippen MR) is 88.6 cm³/mol. The molecule has 1 saturated carbocycles.